The lowest BCUT2D eigenvalue weighted by molar-refractivity contribution is -0.120. The number of nitrogens with zero attached hydrogens (tertiary/aromatic N) is 3. The number of ether oxygens (including phenoxy) is 1. The Morgan fingerprint density at radius 3 is 2.69 bits per heavy atom. The fraction of sp³-hybridized carbons (Fsp3) is 0.190. The molecule has 0 bridgehead atoms. The Bertz CT molecular complexity index is 1110. The molecule has 0 atom stereocenters. The van der Waals surface area contributed by atoms with Crippen molar-refractivity contribution in [1.29, 1.82) is 5.26 Å². The number of anilines is 1. The zero-order valence-corrected chi connectivity index (χ0v) is 17.7. The summed E-state index contributed by atoms with van der Waals surface area (Å²) in [7, 11) is 0. The number of hydrogen-bond donors (Lipinski definition) is 0. The van der Waals surface area contributed by atoms with Crippen LogP contribution in [0.3, 0.4) is 0 Å². The molecule has 1 aromatic heterocycles. The monoisotopic (exact) mass is 447 g/mol. The molecular formula is C21H16Cl3N3O2. The van der Waals surface area contributed by atoms with Gasteiger partial charge in [-0.25, -0.2) is 4.98 Å². The highest BCUT2D eigenvalue weighted by atomic mass is 35.5. The van der Waals surface area contributed by atoms with Gasteiger partial charge in [-0.1, -0.05) is 40.9 Å². The van der Waals surface area contributed by atoms with Crippen molar-refractivity contribution < 1.29 is 9.53 Å². The topological polar surface area (TPSA) is 66.2 Å². The Labute approximate surface area is 183 Å². The number of nitriles is 1. The number of carbonyl (C=O) groups excluding carboxylic acids is 1. The standard InChI is InChI=1S/C21H16Cl3N3O2/c1-13-6-7-16-17(23)11-18(24)21(20(16)26-13)29-12-19(28)27(9-3-8-25)15-5-2-4-14(22)10-15/h2,4-7,10-11H,3,9,12H2,1H3. The molecular weight excluding hydrogens is 433 g/mol. The molecule has 0 unspecified atom stereocenters. The van der Waals surface area contributed by atoms with Gasteiger partial charge in [0, 0.05) is 28.3 Å². The lowest BCUT2D eigenvalue weighted by Gasteiger charge is -2.22. The van der Waals surface area contributed by atoms with E-state index in [4.69, 9.17) is 44.8 Å². The van der Waals surface area contributed by atoms with Gasteiger partial charge in [-0.2, -0.15) is 5.26 Å². The summed E-state index contributed by atoms with van der Waals surface area (Å²) in [6, 6.07) is 14.1. The normalized spacial score (nSPS) is 10.6. The molecule has 29 heavy (non-hydrogen) atoms. The molecule has 3 aromatic rings. The van der Waals surface area contributed by atoms with Crippen LogP contribution in [0.2, 0.25) is 15.1 Å². The van der Waals surface area contributed by atoms with Gasteiger partial charge >= 0.3 is 0 Å². The molecule has 0 aliphatic rings. The van der Waals surface area contributed by atoms with E-state index in [-0.39, 0.29) is 36.3 Å². The van der Waals surface area contributed by atoms with Gasteiger partial charge in [0.25, 0.3) is 5.91 Å². The molecule has 0 radical (unpaired) electrons. The number of amides is 1. The highest BCUT2D eigenvalue weighted by molar-refractivity contribution is 6.39. The third-order valence-electron chi connectivity index (χ3n) is 4.19. The van der Waals surface area contributed by atoms with Crippen molar-refractivity contribution in [2.45, 2.75) is 13.3 Å². The van der Waals surface area contributed by atoms with E-state index in [9.17, 15) is 4.79 Å². The molecule has 5 nitrogen and oxygen atoms in total. The van der Waals surface area contributed by atoms with Crippen LogP contribution in [-0.2, 0) is 4.79 Å². The van der Waals surface area contributed by atoms with Gasteiger partial charge in [0.05, 0.1) is 22.5 Å². The number of rotatable bonds is 6. The first kappa shape index (κ1) is 21.2. The van der Waals surface area contributed by atoms with Crippen LogP contribution in [0.5, 0.6) is 5.75 Å². The second-order valence-corrected chi connectivity index (χ2v) is 7.49. The van der Waals surface area contributed by atoms with E-state index in [0.29, 0.717) is 26.6 Å². The maximum atomic E-state index is 12.9. The number of pyridine rings is 1. The molecule has 0 spiro atoms. The van der Waals surface area contributed by atoms with Crippen LogP contribution in [-0.4, -0.2) is 24.0 Å². The van der Waals surface area contributed by atoms with Gasteiger partial charge in [0.1, 0.15) is 5.52 Å². The molecule has 0 aliphatic heterocycles. The fourth-order valence-electron chi connectivity index (χ4n) is 2.84. The van der Waals surface area contributed by atoms with E-state index in [1.54, 1.807) is 30.3 Å². The number of fused-ring (bicyclic) bond motifs is 1. The van der Waals surface area contributed by atoms with Crippen LogP contribution in [0.1, 0.15) is 12.1 Å². The first-order valence-electron chi connectivity index (χ1n) is 8.71. The maximum Gasteiger partial charge on any atom is 0.264 e. The minimum absolute atomic E-state index is 0.170. The molecule has 148 valence electrons. The molecule has 0 aliphatic carbocycles. The van der Waals surface area contributed by atoms with E-state index >= 15 is 0 Å². The average Bonchev–Trinajstić information content (AvgIpc) is 2.68. The van der Waals surface area contributed by atoms with Crippen LogP contribution in [0.4, 0.5) is 5.69 Å². The summed E-state index contributed by atoms with van der Waals surface area (Å²) in [5.74, 6) is -0.0521. The number of aromatic nitrogens is 1. The number of carbonyl (C=O) groups is 1. The SMILES string of the molecule is Cc1ccc2c(Cl)cc(Cl)c(OCC(=O)N(CCC#N)c3cccc(Cl)c3)c2n1. The number of hydrogen-bond acceptors (Lipinski definition) is 4. The third-order valence-corrected chi connectivity index (χ3v) is 5.01. The van der Waals surface area contributed by atoms with Crippen molar-refractivity contribution in [3.05, 3.63) is 63.2 Å². The predicted molar refractivity (Wildman–Crippen MR) is 116 cm³/mol. The second-order valence-electron chi connectivity index (χ2n) is 6.24. The summed E-state index contributed by atoms with van der Waals surface area (Å²) in [4.78, 5) is 18.8. The van der Waals surface area contributed by atoms with Gasteiger partial charge in [-0.3, -0.25) is 4.79 Å². The van der Waals surface area contributed by atoms with E-state index in [1.165, 1.54) is 4.90 Å². The summed E-state index contributed by atoms with van der Waals surface area (Å²) < 4.78 is 5.77. The number of halogens is 3. The van der Waals surface area contributed by atoms with Crippen molar-refractivity contribution in [2.75, 3.05) is 18.1 Å². The average molecular weight is 449 g/mol. The van der Waals surface area contributed by atoms with Crippen LogP contribution < -0.4 is 9.64 Å². The summed E-state index contributed by atoms with van der Waals surface area (Å²) in [5.41, 5.74) is 1.84. The Hall–Kier alpha value is -2.52. The third kappa shape index (κ3) is 4.91. The molecule has 0 saturated carbocycles. The Morgan fingerprint density at radius 2 is 1.97 bits per heavy atom. The van der Waals surface area contributed by atoms with Crippen molar-refractivity contribution >= 4 is 57.3 Å². The van der Waals surface area contributed by atoms with E-state index < -0.39 is 0 Å². The first-order chi connectivity index (χ1) is 13.9. The number of aryl methyl sites for hydroxylation is 1. The quantitative estimate of drug-likeness (QED) is 0.476. The van der Waals surface area contributed by atoms with Crippen LogP contribution in [0, 0.1) is 18.3 Å². The minimum Gasteiger partial charge on any atom is -0.480 e. The molecule has 0 N–H and O–H groups in total. The van der Waals surface area contributed by atoms with Crippen LogP contribution >= 0.6 is 34.8 Å². The second kappa shape index (κ2) is 9.32. The van der Waals surface area contributed by atoms with Gasteiger partial charge in [0.2, 0.25) is 0 Å². The predicted octanol–water partition coefficient (Wildman–Crippen LogP) is 5.83. The zero-order valence-electron chi connectivity index (χ0n) is 15.5. The van der Waals surface area contributed by atoms with Crippen LogP contribution in [0.25, 0.3) is 10.9 Å². The van der Waals surface area contributed by atoms with E-state index in [0.717, 1.165) is 5.69 Å². The largest absolute Gasteiger partial charge is 0.480 e. The first-order valence-corrected chi connectivity index (χ1v) is 9.85. The van der Waals surface area contributed by atoms with Gasteiger partial charge in [-0.15, -0.1) is 0 Å². The van der Waals surface area contributed by atoms with Crippen LogP contribution in [0.15, 0.2) is 42.5 Å². The molecule has 8 heteroatoms. The molecule has 1 heterocycles. The molecule has 2 aromatic carbocycles. The highest BCUT2D eigenvalue weighted by Crippen LogP contribution is 2.37. The fourth-order valence-corrected chi connectivity index (χ4v) is 3.60. The lowest BCUT2D eigenvalue weighted by atomic mass is 10.2. The Balaban J connectivity index is 1.88. The lowest BCUT2D eigenvalue weighted by Crippen LogP contribution is -2.35. The van der Waals surface area contributed by atoms with Crippen molar-refractivity contribution in [3.63, 3.8) is 0 Å². The van der Waals surface area contributed by atoms with Gasteiger partial charge in [0.15, 0.2) is 12.4 Å². The number of benzene rings is 2. The van der Waals surface area contributed by atoms with Gasteiger partial charge < -0.3 is 9.64 Å². The van der Waals surface area contributed by atoms with E-state index in [1.807, 2.05) is 25.1 Å². The van der Waals surface area contributed by atoms with E-state index in [2.05, 4.69) is 4.98 Å². The molecule has 3 rings (SSSR count). The Morgan fingerprint density at radius 1 is 1.17 bits per heavy atom. The maximum absolute atomic E-state index is 12.9. The zero-order chi connectivity index (χ0) is 21.0. The van der Waals surface area contributed by atoms with Gasteiger partial charge in [-0.05, 0) is 43.3 Å². The summed E-state index contributed by atoms with van der Waals surface area (Å²) in [5, 5.41) is 10.8. The summed E-state index contributed by atoms with van der Waals surface area (Å²) >= 11 is 18.6. The van der Waals surface area contributed by atoms with Crippen molar-refractivity contribution in [3.8, 4) is 11.8 Å². The smallest absolute Gasteiger partial charge is 0.264 e. The molecule has 1 amide bonds. The summed E-state index contributed by atoms with van der Waals surface area (Å²) in [6.07, 6.45) is 0.170. The minimum atomic E-state index is -0.339. The molecule has 0 fully saturated rings. The van der Waals surface area contributed by atoms with Crippen molar-refractivity contribution in [1.82, 2.24) is 4.98 Å². The molecule has 0 saturated heterocycles. The van der Waals surface area contributed by atoms with Crippen molar-refractivity contribution in [2.24, 2.45) is 0 Å². The Kier molecular flexibility index (Phi) is 6.81. The highest BCUT2D eigenvalue weighted by Gasteiger charge is 2.19. The summed E-state index contributed by atoms with van der Waals surface area (Å²) in [6.45, 7) is 1.77.